The molecule has 0 amide bonds. The Balaban J connectivity index is 4.28. The van der Waals surface area contributed by atoms with Gasteiger partial charge in [-0.3, -0.25) is 9.59 Å². The maximum atomic E-state index is 12.9. The molecule has 0 aromatic heterocycles. The van der Waals surface area contributed by atoms with E-state index < -0.39 is 6.10 Å². The summed E-state index contributed by atoms with van der Waals surface area (Å²) in [5, 5.41) is 0. The molecule has 66 heavy (non-hydrogen) atoms. The maximum Gasteiger partial charge on any atom is 0.306 e. The molecule has 0 aliphatic carbocycles. The van der Waals surface area contributed by atoms with Gasteiger partial charge in [-0.25, -0.2) is 0 Å². The smallest absolute Gasteiger partial charge is 0.306 e. The number of carbonyl (C=O) groups excluding carboxylic acids is 2. The van der Waals surface area contributed by atoms with Crippen LogP contribution in [0.2, 0.25) is 0 Å². The molecule has 0 aliphatic rings. The van der Waals surface area contributed by atoms with Gasteiger partial charge in [-0.1, -0.05) is 236 Å². The second-order valence-corrected chi connectivity index (χ2v) is 19.5. The highest BCUT2D eigenvalue weighted by molar-refractivity contribution is 5.70. The van der Waals surface area contributed by atoms with Gasteiger partial charge in [0.05, 0.1) is 6.61 Å². The molecule has 0 radical (unpaired) electrons. The Morgan fingerprint density at radius 2 is 0.636 bits per heavy atom. The van der Waals surface area contributed by atoms with Gasteiger partial charge in [-0.05, 0) is 103 Å². The van der Waals surface area contributed by atoms with E-state index in [0.717, 1.165) is 51.4 Å². The number of rotatable bonds is 54. The third-order valence-electron chi connectivity index (χ3n) is 12.8. The predicted octanol–water partition coefficient (Wildman–Crippen LogP) is 19.9. The molecule has 0 spiro atoms. The van der Waals surface area contributed by atoms with Crippen molar-refractivity contribution in [2.24, 2.45) is 0 Å². The fraction of sp³-hybridized carbons (Fsp3) is 0.836. The standard InChI is InChI=1S/C61H112O5/c1-4-7-10-13-16-19-22-25-28-31-33-36-39-42-45-48-51-54-60(62)65-58-59(57-64-56-53-50-47-44-41-38-35-30-27-24-21-18-15-12-9-6-3)66-61(63)55-52-49-46-43-40-37-34-32-29-26-23-20-17-14-11-8-5-2/h18,21,25-30,59H,4-17,19-20,22-24,31-58H2,1-3H3/b21-18-,28-25-,29-26-,30-27-. The van der Waals surface area contributed by atoms with E-state index in [-0.39, 0.29) is 25.2 Å². The van der Waals surface area contributed by atoms with Crippen molar-refractivity contribution in [1.82, 2.24) is 0 Å². The molecule has 0 aromatic carbocycles. The van der Waals surface area contributed by atoms with Gasteiger partial charge in [-0.15, -0.1) is 0 Å². The summed E-state index contributed by atoms with van der Waals surface area (Å²) in [4.78, 5) is 25.5. The number of unbranched alkanes of at least 4 members (excludes halogenated alkanes) is 35. The molecule has 5 heteroatoms. The Morgan fingerprint density at radius 1 is 0.333 bits per heavy atom. The molecule has 0 heterocycles. The lowest BCUT2D eigenvalue weighted by atomic mass is 10.1. The summed E-state index contributed by atoms with van der Waals surface area (Å²) in [6.45, 7) is 7.81. The van der Waals surface area contributed by atoms with Crippen LogP contribution in [0.5, 0.6) is 0 Å². The van der Waals surface area contributed by atoms with Crippen LogP contribution in [-0.2, 0) is 23.8 Å². The first-order valence-corrected chi connectivity index (χ1v) is 29.2. The Hall–Kier alpha value is -2.14. The molecule has 0 N–H and O–H groups in total. The second-order valence-electron chi connectivity index (χ2n) is 19.5. The Kier molecular flexibility index (Phi) is 55.3. The van der Waals surface area contributed by atoms with Gasteiger partial charge >= 0.3 is 11.9 Å². The fourth-order valence-corrected chi connectivity index (χ4v) is 8.41. The first-order valence-electron chi connectivity index (χ1n) is 29.2. The van der Waals surface area contributed by atoms with Crippen LogP contribution in [0.25, 0.3) is 0 Å². The molecule has 0 saturated carbocycles. The Morgan fingerprint density at radius 3 is 1.05 bits per heavy atom. The van der Waals surface area contributed by atoms with Gasteiger partial charge in [-0.2, -0.15) is 0 Å². The third kappa shape index (κ3) is 54.5. The van der Waals surface area contributed by atoms with Gasteiger partial charge in [0, 0.05) is 19.4 Å². The summed E-state index contributed by atoms with van der Waals surface area (Å²) in [6, 6.07) is 0. The number of allylic oxidation sites excluding steroid dienone is 8. The largest absolute Gasteiger partial charge is 0.462 e. The van der Waals surface area contributed by atoms with Crippen molar-refractivity contribution < 1.29 is 23.8 Å². The van der Waals surface area contributed by atoms with Crippen molar-refractivity contribution in [1.29, 1.82) is 0 Å². The second kappa shape index (κ2) is 57.2. The predicted molar refractivity (Wildman–Crippen MR) is 288 cm³/mol. The highest BCUT2D eigenvalue weighted by Crippen LogP contribution is 2.15. The molecule has 386 valence electrons. The molecule has 0 fully saturated rings. The van der Waals surface area contributed by atoms with Gasteiger partial charge < -0.3 is 14.2 Å². The number of carbonyl (C=O) groups is 2. The van der Waals surface area contributed by atoms with Gasteiger partial charge in [0.1, 0.15) is 6.61 Å². The van der Waals surface area contributed by atoms with E-state index in [0.29, 0.717) is 19.4 Å². The average Bonchev–Trinajstić information content (AvgIpc) is 3.32. The summed E-state index contributed by atoms with van der Waals surface area (Å²) in [6.07, 6.45) is 71.3. The van der Waals surface area contributed by atoms with Gasteiger partial charge in [0.25, 0.3) is 0 Å². The minimum atomic E-state index is -0.545. The molecular formula is C61H112O5. The lowest BCUT2D eigenvalue weighted by molar-refractivity contribution is -0.163. The normalized spacial score (nSPS) is 12.5. The monoisotopic (exact) mass is 925 g/mol. The molecule has 1 atom stereocenters. The zero-order valence-corrected chi connectivity index (χ0v) is 44.5. The van der Waals surface area contributed by atoms with Crippen LogP contribution < -0.4 is 0 Å². The lowest BCUT2D eigenvalue weighted by Crippen LogP contribution is -2.30. The van der Waals surface area contributed by atoms with Crippen LogP contribution >= 0.6 is 0 Å². The summed E-state index contributed by atoms with van der Waals surface area (Å²) < 4.78 is 17.5. The third-order valence-corrected chi connectivity index (χ3v) is 12.8. The zero-order chi connectivity index (χ0) is 47.7. The van der Waals surface area contributed by atoms with E-state index in [1.165, 1.54) is 218 Å². The first-order chi connectivity index (χ1) is 32.6. The van der Waals surface area contributed by atoms with Crippen molar-refractivity contribution >= 4 is 11.9 Å². The molecule has 0 saturated heterocycles. The van der Waals surface area contributed by atoms with Crippen LogP contribution in [0.15, 0.2) is 48.6 Å². The average molecular weight is 926 g/mol. The van der Waals surface area contributed by atoms with Crippen LogP contribution in [0, 0.1) is 0 Å². The highest BCUT2D eigenvalue weighted by atomic mass is 16.6. The minimum absolute atomic E-state index is 0.0793. The first kappa shape index (κ1) is 63.9. The van der Waals surface area contributed by atoms with E-state index in [9.17, 15) is 9.59 Å². The summed E-state index contributed by atoms with van der Waals surface area (Å²) in [5.74, 6) is -0.400. The molecular weight excluding hydrogens is 813 g/mol. The van der Waals surface area contributed by atoms with Crippen LogP contribution in [-0.4, -0.2) is 37.9 Å². The van der Waals surface area contributed by atoms with E-state index in [1.807, 2.05) is 0 Å². The summed E-state index contributed by atoms with van der Waals surface area (Å²) in [5.41, 5.74) is 0. The molecule has 1 unspecified atom stereocenters. The quantitative estimate of drug-likeness (QED) is 0.0345. The van der Waals surface area contributed by atoms with E-state index >= 15 is 0 Å². The number of ether oxygens (including phenoxy) is 3. The van der Waals surface area contributed by atoms with Crippen molar-refractivity contribution in [3.8, 4) is 0 Å². The van der Waals surface area contributed by atoms with Crippen LogP contribution in [0.1, 0.15) is 303 Å². The molecule has 0 aromatic rings. The minimum Gasteiger partial charge on any atom is -0.462 e. The zero-order valence-electron chi connectivity index (χ0n) is 44.5. The fourth-order valence-electron chi connectivity index (χ4n) is 8.41. The Labute approximate surface area is 412 Å². The lowest BCUT2D eigenvalue weighted by Gasteiger charge is -2.18. The van der Waals surface area contributed by atoms with Crippen LogP contribution in [0.4, 0.5) is 0 Å². The molecule has 0 aliphatic heterocycles. The molecule has 0 rings (SSSR count). The van der Waals surface area contributed by atoms with E-state index in [2.05, 4.69) is 69.4 Å². The van der Waals surface area contributed by atoms with Crippen LogP contribution in [0.3, 0.4) is 0 Å². The van der Waals surface area contributed by atoms with E-state index in [4.69, 9.17) is 14.2 Å². The number of hydrogen-bond donors (Lipinski definition) is 0. The summed E-state index contributed by atoms with van der Waals surface area (Å²) >= 11 is 0. The number of esters is 2. The van der Waals surface area contributed by atoms with Crippen molar-refractivity contribution in [2.75, 3.05) is 19.8 Å². The number of hydrogen-bond acceptors (Lipinski definition) is 5. The van der Waals surface area contributed by atoms with Crippen molar-refractivity contribution in [3.63, 3.8) is 0 Å². The van der Waals surface area contributed by atoms with Gasteiger partial charge in [0.15, 0.2) is 6.10 Å². The van der Waals surface area contributed by atoms with Gasteiger partial charge in [0.2, 0.25) is 0 Å². The SMILES string of the molecule is CCCCC/C=C\C/C=C\CCCCCCCCOCC(COC(=O)CCCCCCCCC/C=C\CCCCCCCC)OC(=O)CCCCCCCCC/C=C\CCCCCCCC. The highest BCUT2D eigenvalue weighted by Gasteiger charge is 2.17. The Bertz CT molecular complexity index is 1090. The molecule has 0 bridgehead atoms. The van der Waals surface area contributed by atoms with E-state index in [1.54, 1.807) is 0 Å². The topological polar surface area (TPSA) is 61.8 Å². The maximum absolute atomic E-state index is 12.9. The molecule has 5 nitrogen and oxygen atoms in total. The van der Waals surface area contributed by atoms with Crippen molar-refractivity contribution in [2.45, 2.75) is 309 Å². The summed E-state index contributed by atoms with van der Waals surface area (Å²) in [7, 11) is 0. The van der Waals surface area contributed by atoms with Crippen molar-refractivity contribution in [3.05, 3.63) is 48.6 Å².